The molecule has 1 rings (SSSR count). The molecule has 0 unspecified atom stereocenters. The van der Waals surface area contributed by atoms with Crippen molar-refractivity contribution >= 4 is 11.8 Å². The van der Waals surface area contributed by atoms with Crippen molar-refractivity contribution in [1.29, 1.82) is 0 Å². The van der Waals surface area contributed by atoms with Gasteiger partial charge < -0.3 is 10.6 Å². The summed E-state index contributed by atoms with van der Waals surface area (Å²) in [6, 6.07) is -0.740. The van der Waals surface area contributed by atoms with Gasteiger partial charge in [0, 0.05) is 0 Å². The second kappa shape index (κ2) is 4.64. The molecule has 2 amide bonds. The molecule has 0 aliphatic carbocycles. The van der Waals surface area contributed by atoms with Gasteiger partial charge in [-0.3, -0.25) is 9.59 Å². The van der Waals surface area contributed by atoms with E-state index in [9.17, 15) is 9.59 Å². The van der Waals surface area contributed by atoms with E-state index in [4.69, 9.17) is 0 Å². The Hall–Kier alpha value is -1.06. The Bertz CT molecular complexity index is 263. The van der Waals surface area contributed by atoms with Gasteiger partial charge in [0.25, 0.3) is 0 Å². The summed E-state index contributed by atoms with van der Waals surface area (Å²) in [5, 5.41) is 5.58. The molecule has 3 atom stereocenters. The number of amides is 2. The molecule has 4 heteroatoms. The van der Waals surface area contributed by atoms with Crippen LogP contribution in [0.5, 0.6) is 0 Å². The van der Waals surface area contributed by atoms with Crippen LogP contribution in [-0.4, -0.2) is 23.9 Å². The van der Waals surface area contributed by atoms with Crippen molar-refractivity contribution in [1.82, 2.24) is 10.6 Å². The molecule has 2 N–H and O–H groups in total. The molecule has 0 saturated carbocycles. The van der Waals surface area contributed by atoms with Gasteiger partial charge in [0.05, 0.1) is 0 Å². The van der Waals surface area contributed by atoms with Crippen LogP contribution in [0.25, 0.3) is 0 Å². The summed E-state index contributed by atoms with van der Waals surface area (Å²) in [7, 11) is 0. The van der Waals surface area contributed by atoms with Crippen molar-refractivity contribution in [2.45, 2.75) is 46.2 Å². The first-order valence-electron chi connectivity index (χ1n) is 5.58. The minimum Gasteiger partial charge on any atom is -0.342 e. The maximum Gasteiger partial charge on any atom is 0.243 e. The van der Waals surface area contributed by atoms with Gasteiger partial charge in [-0.05, 0) is 11.8 Å². The van der Waals surface area contributed by atoms with Crippen LogP contribution in [0, 0.1) is 11.8 Å². The number of carbonyl (C=O) groups excluding carboxylic acids is 2. The second-order valence-electron chi connectivity index (χ2n) is 4.60. The van der Waals surface area contributed by atoms with Gasteiger partial charge in [-0.1, -0.05) is 34.1 Å². The van der Waals surface area contributed by atoms with Gasteiger partial charge in [-0.25, -0.2) is 0 Å². The van der Waals surface area contributed by atoms with Gasteiger partial charge in [-0.15, -0.1) is 0 Å². The average Bonchev–Trinajstić information content (AvgIpc) is 2.19. The molecule has 1 fully saturated rings. The van der Waals surface area contributed by atoms with Crippen LogP contribution in [0.1, 0.15) is 34.1 Å². The van der Waals surface area contributed by atoms with E-state index in [1.807, 2.05) is 27.7 Å². The Morgan fingerprint density at radius 3 is 2.00 bits per heavy atom. The number of piperazine rings is 1. The number of hydrogen-bond acceptors (Lipinski definition) is 2. The maximum absolute atomic E-state index is 11.7. The number of nitrogens with one attached hydrogen (secondary N) is 2. The van der Waals surface area contributed by atoms with E-state index < -0.39 is 0 Å². The van der Waals surface area contributed by atoms with E-state index in [2.05, 4.69) is 10.6 Å². The van der Waals surface area contributed by atoms with Crippen molar-refractivity contribution < 1.29 is 9.59 Å². The van der Waals surface area contributed by atoms with Crippen LogP contribution in [0.4, 0.5) is 0 Å². The number of hydrogen-bond donors (Lipinski definition) is 2. The third-order valence-corrected chi connectivity index (χ3v) is 3.04. The van der Waals surface area contributed by atoms with Crippen LogP contribution < -0.4 is 10.6 Å². The highest BCUT2D eigenvalue weighted by atomic mass is 16.2. The molecule has 4 nitrogen and oxygen atoms in total. The molecular formula is C11H20N2O2. The molecule has 0 spiro atoms. The van der Waals surface area contributed by atoms with Crippen LogP contribution in [-0.2, 0) is 9.59 Å². The predicted molar refractivity (Wildman–Crippen MR) is 58.2 cm³/mol. The van der Waals surface area contributed by atoms with Gasteiger partial charge in [0.1, 0.15) is 12.1 Å². The van der Waals surface area contributed by atoms with Gasteiger partial charge in [-0.2, -0.15) is 0 Å². The normalized spacial score (nSPS) is 28.6. The summed E-state index contributed by atoms with van der Waals surface area (Å²) in [4.78, 5) is 23.4. The lowest BCUT2D eigenvalue weighted by Gasteiger charge is -2.34. The number of rotatable bonds is 3. The minimum absolute atomic E-state index is 0.0531. The Labute approximate surface area is 90.8 Å². The lowest BCUT2D eigenvalue weighted by Crippen LogP contribution is -2.64. The zero-order chi connectivity index (χ0) is 11.6. The van der Waals surface area contributed by atoms with Crippen molar-refractivity contribution in [3.8, 4) is 0 Å². The molecule has 15 heavy (non-hydrogen) atoms. The van der Waals surface area contributed by atoms with Gasteiger partial charge in [0.2, 0.25) is 11.8 Å². The monoisotopic (exact) mass is 212 g/mol. The molecule has 0 aromatic heterocycles. The Morgan fingerprint density at radius 2 is 1.53 bits per heavy atom. The second-order valence-corrected chi connectivity index (χ2v) is 4.60. The molecule has 1 heterocycles. The van der Waals surface area contributed by atoms with Crippen LogP contribution >= 0.6 is 0 Å². The molecule has 1 aliphatic rings. The van der Waals surface area contributed by atoms with Crippen molar-refractivity contribution in [2.75, 3.05) is 0 Å². The third-order valence-electron chi connectivity index (χ3n) is 3.04. The highest BCUT2D eigenvalue weighted by Crippen LogP contribution is 2.14. The van der Waals surface area contributed by atoms with Crippen LogP contribution in [0.15, 0.2) is 0 Å². The molecule has 0 aromatic rings. The van der Waals surface area contributed by atoms with E-state index in [-0.39, 0.29) is 35.7 Å². The summed E-state index contributed by atoms with van der Waals surface area (Å²) in [6.07, 6.45) is 0.880. The fourth-order valence-corrected chi connectivity index (χ4v) is 1.72. The first-order valence-corrected chi connectivity index (χ1v) is 5.58. The summed E-state index contributed by atoms with van der Waals surface area (Å²) in [5.41, 5.74) is 0. The summed E-state index contributed by atoms with van der Waals surface area (Å²) < 4.78 is 0. The highest BCUT2D eigenvalue weighted by molar-refractivity contribution is 5.97. The van der Waals surface area contributed by atoms with Crippen molar-refractivity contribution in [2.24, 2.45) is 11.8 Å². The quantitative estimate of drug-likeness (QED) is 0.722. The van der Waals surface area contributed by atoms with E-state index in [1.54, 1.807) is 0 Å². The minimum atomic E-state index is -0.377. The molecule has 0 radical (unpaired) electrons. The fourth-order valence-electron chi connectivity index (χ4n) is 1.72. The molecule has 1 aliphatic heterocycles. The van der Waals surface area contributed by atoms with Crippen molar-refractivity contribution in [3.63, 3.8) is 0 Å². The van der Waals surface area contributed by atoms with E-state index in [0.717, 1.165) is 6.42 Å². The van der Waals surface area contributed by atoms with E-state index in [1.165, 1.54) is 0 Å². The van der Waals surface area contributed by atoms with E-state index >= 15 is 0 Å². The largest absolute Gasteiger partial charge is 0.342 e. The van der Waals surface area contributed by atoms with Crippen molar-refractivity contribution in [3.05, 3.63) is 0 Å². The Kier molecular flexibility index (Phi) is 3.72. The van der Waals surface area contributed by atoms with Gasteiger partial charge >= 0.3 is 0 Å². The molecule has 0 bridgehead atoms. The molecule has 0 aromatic carbocycles. The lowest BCUT2D eigenvalue weighted by molar-refractivity contribution is -0.139. The third kappa shape index (κ3) is 2.49. The van der Waals surface area contributed by atoms with Gasteiger partial charge in [0.15, 0.2) is 0 Å². The predicted octanol–water partition coefficient (Wildman–Crippen LogP) is 0.672. The molecular weight excluding hydrogens is 192 g/mol. The summed E-state index contributed by atoms with van der Waals surface area (Å²) in [6.45, 7) is 7.83. The standard InChI is InChI=1S/C11H20N2O2/c1-5-7(4)9-11(15)12-8(6(2)3)10(14)13-9/h6-9H,5H2,1-4H3,(H,12,15)(H,13,14)/t7-,8+,9-/m1/s1. The first kappa shape index (κ1) is 12.0. The highest BCUT2D eigenvalue weighted by Gasteiger charge is 2.37. The zero-order valence-corrected chi connectivity index (χ0v) is 9.83. The van der Waals surface area contributed by atoms with Crippen LogP contribution in [0.2, 0.25) is 0 Å². The topological polar surface area (TPSA) is 58.2 Å². The zero-order valence-electron chi connectivity index (χ0n) is 9.83. The SMILES string of the molecule is CC[C@@H](C)[C@H]1NC(=O)[C@H](C(C)C)NC1=O. The lowest BCUT2D eigenvalue weighted by atomic mass is 9.93. The Balaban J connectivity index is 2.71. The Morgan fingerprint density at radius 1 is 1.07 bits per heavy atom. The average molecular weight is 212 g/mol. The molecule has 86 valence electrons. The summed E-state index contributed by atoms with van der Waals surface area (Å²) >= 11 is 0. The fraction of sp³-hybridized carbons (Fsp3) is 0.818. The first-order chi connectivity index (χ1) is 6.97. The van der Waals surface area contributed by atoms with E-state index in [0.29, 0.717) is 0 Å². The molecule has 1 saturated heterocycles. The van der Waals surface area contributed by atoms with Crippen LogP contribution in [0.3, 0.4) is 0 Å². The number of carbonyl (C=O) groups is 2. The maximum atomic E-state index is 11.7. The summed E-state index contributed by atoms with van der Waals surface area (Å²) in [5.74, 6) is 0.200. The smallest absolute Gasteiger partial charge is 0.243 e.